The van der Waals surface area contributed by atoms with Gasteiger partial charge in [-0.2, -0.15) is 0 Å². The van der Waals surface area contributed by atoms with Crippen LogP contribution in [0.25, 0.3) is 0 Å². The Hall–Kier alpha value is -2.23. The van der Waals surface area contributed by atoms with E-state index < -0.39 is 0 Å². The van der Waals surface area contributed by atoms with Gasteiger partial charge in [-0.05, 0) is 44.2 Å². The maximum Gasteiger partial charge on any atom is 0.261 e. The van der Waals surface area contributed by atoms with Crippen LogP contribution in [0.1, 0.15) is 49.6 Å². The molecule has 1 atom stereocenters. The van der Waals surface area contributed by atoms with E-state index in [1.54, 1.807) is 23.9 Å². The molecule has 1 unspecified atom stereocenters. The molecule has 1 aromatic carbocycles. The number of thiazole rings is 1. The second-order valence-corrected chi connectivity index (χ2v) is 8.74. The van der Waals surface area contributed by atoms with Gasteiger partial charge in [-0.25, -0.2) is 4.98 Å². The number of thioether (sulfide) groups is 1. The fraction of sp³-hybridized carbons (Fsp3) is 0.368. The number of ether oxygens (including phenoxy) is 1. The number of hydrogen-bond acceptors (Lipinski definition) is 7. The van der Waals surface area contributed by atoms with Crippen LogP contribution in [0.15, 0.2) is 22.4 Å². The highest BCUT2D eigenvalue weighted by molar-refractivity contribution is 8.00. The zero-order valence-corrected chi connectivity index (χ0v) is 17.1. The molecule has 0 spiro atoms. The topological polar surface area (TPSA) is 88.6 Å². The molecular formula is C19H19N3O4S2. The number of benzene rings is 1. The maximum absolute atomic E-state index is 12.7. The van der Waals surface area contributed by atoms with E-state index in [0.717, 1.165) is 22.7 Å². The minimum Gasteiger partial charge on any atom is -0.376 e. The number of hydrogen-bond donors (Lipinski definition) is 1. The van der Waals surface area contributed by atoms with Crippen molar-refractivity contribution in [3.63, 3.8) is 0 Å². The van der Waals surface area contributed by atoms with Crippen LogP contribution in [0.2, 0.25) is 0 Å². The first-order valence-electron chi connectivity index (χ1n) is 8.92. The molecule has 1 fully saturated rings. The van der Waals surface area contributed by atoms with Crippen molar-refractivity contribution in [3.05, 3.63) is 40.6 Å². The van der Waals surface area contributed by atoms with E-state index in [1.165, 1.54) is 22.3 Å². The molecule has 3 amide bonds. The Kier molecular flexibility index (Phi) is 5.22. The summed E-state index contributed by atoms with van der Waals surface area (Å²) >= 11 is 2.98. The summed E-state index contributed by atoms with van der Waals surface area (Å²) in [5.41, 5.74) is 1.77. The molecule has 3 heterocycles. The van der Waals surface area contributed by atoms with Crippen LogP contribution in [0.4, 0.5) is 5.13 Å². The molecule has 2 aliphatic rings. The summed E-state index contributed by atoms with van der Waals surface area (Å²) in [7, 11) is 0. The molecule has 0 bridgehead atoms. The van der Waals surface area contributed by atoms with Crippen LogP contribution in [0.5, 0.6) is 0 Å². The van der Waals surface area contributed by atoms with Crippen molar-refractivity contribution in [3.8, 4) is 0 Å². The van der Waals surface area contributed by atoms with E-state index >= 15 is 0 Å². The van der Waals surface area contributed by atoms with Crippen LogP contribution in [0.3, 0.4) is 0 Å². The first-order chi connectivity index (χ1) is 13.5. The summed E-state index contributed by atoms with van der Waals surface area (Å²) in [6.45, 7) is 2.80. The number of aryl methyl sites for hydroxylation is 1. The lowest BCUT2D eigenvalue weighted by molar-refractivity contribution is 0.0475. The predicted octanol–water partition coefficient (Wildman–Crippen LogP) is 3.20. The quantitative estimate of drug-likeness (QED) is 0.594. The minimum absolute atomic E-state index is 0.108. The molecule has 2 aliphatic heterocycles. The number of amides is 3. The molecule has 0 saturated carbocycles. The molecule has 0 aliphatic carbocycles. The van der Waals surface area contributed by atoms with Crippen molar-refractivity contribution in [1.29, 1.82) is 0 Å². The van der Waals surface area contributed by atoms with Crippen LogP contribution < -0.4 is 5.32 Å². The Balaban J connectivity index is 1.52. The predicted molar refractivity (Wildman–Crippen MR) is 107 cm³/mol. The molecule has 146 valence electrons. The van der Waals surface area contributed by atoms with Crippen molar-refractivity contribution in [2.24, 2.45) is 0 Å². The average Bonchev–Trinajstić information content (AvgIpc) is 3.38. The van der Waals surface area contributed by atoms with Crippen LogP contribution in [0, 0.1) is 6.92 Å². The lowest BCUT2D eigenvalue weighted by atomic mass is 10.1. The average molecular weight is 418 g/mol. The molecule has 7 nitrogen and oxygen atoms in total. The second kappa shape index (κ2) is 7.65. The van der Waals surface area contributed by atoms with Gasteiger partial charge in [0.05, 0.1) is 33.7 Å². The Bertz CT molecular complexity index is 966. The van der Waals surface area contributed by atoms with Crippen molar-refractivity contribution >= 4 is 46.0 Å². The molecule has 9 heteroatoms. The molecule has 1 saturated heterocycles. The number of carbonyl (C=O) groups excluding carboxylic acids is 3. The maximum atomic E-state index is 12.7. The van der Waals surface area contributed by atoms with Crippen molar-refractivity contribution in [2.75, 3.05) is 24.7 Å². The Morgan fingerprint density at radius 1 is 1.36 bits per heavy atom. The molecule has 4 rings (SSSR count). The SMILES string of the molecule is CSc1sc(NC(=O)c2ccc3c(c2)C(=O)N(CC2CCCO2)C3=O)nc1C. The molecule has 0 radical (unpaired) electrons. The summed E-state index contributed by atoms with van der Waals surface area (Å²) in [6.07, 6.45) is 3.63. The van der Waals surface area contributed by atoms with Gasteiger partial charge in [0, 0.05) is 12.2 Å². The monoisotopic (exact) mass is 417 g/mol. The van der Waals surface area contributed by atoms with Gasteiger partial charge in [-0.3, -0.25) is 24.6 Å². The molecule has 2 aromatic rings. The third-order valence-corrected chi connectivity index (χ3v) is 7.09. The van der Waals surface area contributed by atoms with Gasteiger partial charge >= 0.3 is 0 Å². The number of nitrogens with zero attached hydrogens (tertiary/aromatic N) is 2. The van der Waals surface area contributed by atoms with Crippen molar-refractivity contribution < 1.29 is 19.1 Å². The van der Waals surface area contributed by atoms with Crippen molar-refractivity contribution in [2.45, 2.75) is 30.1 Å². The van der Waals surface area contributed by atoms with Gasteiger partial charge in [0.25, 0.3) is 17.7 Å². The minimum atomic E-state index is -0.375. The third-order valence-electron chi connectivity index (χ3n) is 4.80. The number of aromatic nitrogens is 1. The number of fused-ring (bicyclic) bond motifs is 1. The molecule has 1 N–H and O–H groups in total. The second-order valence-electron chi connectivity index (χ2n) is 6.67. The highest BCUT2D eigenvalue weighted by Crippen LogP contribution is 2.31. The fourth-order valence-corrected chi connectivity index (χ4v) is 4.99. The fourth-order valence-electron chi connectivity index (χ4n) is 3.38. The van der Waals surface area contributed by atoms with E-state index in [2.05, 4.69) is 10.3 Å². The smallest absolute Gasteiger partial charge is 0.261 e. The lowest BCUT2D eigenvalue weighted by Crippen LogP contribution is -2.36. The normalized spacial score (nSPS) is 18.6. The molecule has 1 aromatic heterocycles. The summed E-state index contributed by atoms with van der Waals surface area (Å²) in [4.78, 5) is 43.4. The van der Waals surface area contributed by atoms with Gasteiger partial charge in [-0.1, -0.05) is 11.3 Å². The number of nitrogens with one attached hydrogen (secondary N) is 1. The Labute approximate surface area is 170 Å². The van der Waals surface area contributed by atoms with Gasteiger partial charge in [0.15, 0.2) is 5.13 Å². The Morgan fingerprint density at radius 3 is 2.82 bits per heavy atom. The number of imide groups is 1. The standard InChI is InChI=1S/C19H19N3O4S2/c1-10-18(27-2)28-19(20-10)21-15(23)11-5-6-13-14(8-11)17(25)22(16(13)24)9-12-4-3-7-26-12/h5-6,8,12H,3-4,7,9H2,1-2H3,(H,20,21,23). The zero-order valence-electron chi connectivity index (χ0n) is 15.5. The van der Waals surface area contributed by atoms with E-state index in [9.17, 15) is 14.4 Å². The third kappa shape index (κ3) is 3.45. The largest absolute Gasteiger partial charge is 0.376 e. The van der Waals surface area contributed by atoms with Gasteiger partial charge < -0.3 is 4.74 Å². The first-order valence-corrected chi connectivity index (χ1v) is 11.0. The summed E-state index contributed by atoms with van der Waals surface area (Å²) < 4.78 is 6.58. The number of rotatable bonds is 5. The van der Waals surface area contributed by atoms with Crippen LogP contribution in [-0.2, 0) is 4.74 Å². The number of carbonyl (C=O) groups is 3. The highest BCUT2D eigenvalue weighted by Gasteiger charge is 2.38. The van der Waals surface area contributed by atoms with Crippen molar-refractivity contribution in [1.82, 2.24) is 9.88 Å². The summed E-state index contributed by atoms with van der Waals surface area (Å²) in [5, 5.41) is 3.28. The van der Waals surface area contributed by atoms with E-state index in [4.69, 9.17) is 4.74 Å². The summed E-state index contributed by atoms with van der Waals surface area (Å²) in [6, 6.07) is 4.58. The Morgan fingerprint density at radius 2 is 2.14 bits per heavy atom. The van der Waals surface area contributed by atoms with Crippen LogP contribution in [-0.4, -0.2) is 53.1 Å². The number of anilines is 1. The molecular weight excluding hydrogens is 398 g/mol. The van der Waals surface area contributed by atoms with Crippen LogP contribution >= 0.6 is 23.1 Å². The molecule has 28 heavy (non-hydrogen) atoms. The van der Waals surface area contributed by atoms with Gasteiger partial charge in [0.1, 0.15) is 0 Å². The van der Waals surface area contributed by atoms with Gasteiger partial charge in [0.2, 0.25) is 0 Å². The van der Waals surface area contributed by atoms with Gasteiger partial charge in [-0.15, -0.1) is 11.8 Å². The zero-order chi connectivity index (χ0) is 19.8. The van der Waals surface area contributed by atoms with E-state index in [1.807, 2.05) is 13.2 Å². The lowest BCUT2D eigenvalue weighted by Gasteiger charge is -2.17. The van der Waals surface area contributed by atoms with E-state index in [0.29, 0.717) is 22.9 Å². The first kappa shape index (κ1) is 19.1. The van der Waals surface area contributed by atoms with E-state index in [-0.39, 0.29) is 35.9 Å². The highest BCUT2D eigenvalue weighted by atomic mass is 32.2. The summed E-state index contributed by atoms with van der Waals surface area (Å²) in [5.74, 6) is -1.07.